The first-order valence-corrected chi connectivity index (χ1v) is 15.1. The number of hydrogen-bond donors (Lipinski definition) is 1. The lowest BCUT2D eigenvalue weighted by Crippen LogP contribution is -2.50. The number of anilines is 1. The quantitative estimate of drug-likeness (QED) is 0.162. The van der Waals surface area contributed by atoms with Gasteiger partial charge in [0.15, 0.2) is 11.6 Å². The van der Waals surface area contributed by atoms with Crippen LogP contribution in [0.25, 0.3) is 0 Å². The second-order valence-corrected chi connectivity index (χ2v) is 11.4. The van der Waals surface area contributed by atoms with Crippen LogP contribution in [0.2, 0.25) is 0 Å². The molecule has 0 saturated heterocycles. The Hall–Kier alpha value is -5.06. The van der Waals surface area contributed by atoms with Gasteiger partial charge in [-0.05, 0) is 61.0 Å². The van der Waals surface area contributed by atoms with Gasteiger partial charge in [0.2, 0.25) is 5.91 Å². The normalized spacial score (nSPS) is 12.2. The summed E-state index contributed by atoms with van der Waals surface area (Å²) in [4.78, 5) is 51.4. The fourth-order valence-electron chi connectivity index (χ4n) is 4.69. The van der Waals surface area contributed by atoms with Crippen molar-refractivity contribution >= 4 is 45.3 Å². The lowest BCUT2D eigenvalue weighted by Gasteiger charge is -2.31. The predicted molar refractivity (Wildman–Crippen MR) is 161 cm³/mol. The van der Waals surface area contributed by atoms with Crippen LogP contribution in [0.4, 0.5) is 58.8 Å². The Labute approximate surface area is 294 Å². The van der Waals surface area contributed by atoms with Gasteiger partial charge in [-0.2, -0.15) is 44.8 Å². The number of nitrogens with one attached hydrogen (secondary N) is 1. The van der Waals surface area contributed by atoms with Crippen LogP contribution in [0, 0.1) is 17.1 Å². The molecule has 0 bridgehead atoms. The Bertz CT molecular complexity index is 1890. The van der Waals surface area contributed by atoms with Crippen molar-refractivity contribution in [2.24, 2.45) is 0 Å². The highest BCUT2D eigenvalue weighted by Crippen LogP contribution is 2.54. The molecule has 0 saturated carbocycles. The number of benzene rings is 3. The zero-order chi connectivity index (χ0) is 39.4. The Balaban J connectivity index is 2.11. The largest absolute Gasteiger partial charge is 0.450 e. The van der Waals surface area contributed by atoms with E-state index in [1.165, 1.54) is 19.1 Å². The monoisotopic (exact) mass is 815 g/mol. The topological polar surface area (TPSA) is 117 Å². The predicted octanol–water partition coefficient (Wildman–Crippen LogP) is 8.50. The maximum absolute atomic E-state index is 16.1. The zero-order valence-corrected chi connectivity index (χ0v) is 27.6. The first-order valence-electron chi connectivity index (χ1n) is 14.3. The Morgan fingerprint density at radius 3 is 2.02 bits per heavy atom. The molecule has 0 aromatic heterocycles. The molecular formula is C32H21BrF11N3O5. The highest BCUT2D eigenvalue weighted by Gasteiger charge is 2.73. The van der Waals surface area contributed by atoms with Crippen LogP contribution in [-0.4, -0.2) is 49.2 Å². The number of ether oxygens (including phenoxy) is 1. The van der Waals surface area contributed by atoms with E-state index >= 15 is 4.39 Å². The first kappa shape index (κ1) is 41.4. The van der Waals surface area contributed by atoms with E-state index in [0.29, 0.717) is 4.90 Å². The summed E-state index contributed by atoms with van der Waals surface area (Å²) >= 11 is 2.40. The van der Waals surface area contributed by atoms with Gasteiger partial charge in [-0.15, -0.1) is 0 Å². The minimum Gasteiger partial charge on any atom is -0.450 e. The van der Waals surface area contributed by atoms with Crippen LogP contribution in [0.3, 0.4) is 0 Å². The van der Waals surface area contributed by atoms with Crippen molar-refractivity contribution in [2.75, 3.05) is 18.1 Å². The lowest BCUT2D eigenvalue weighted by molar-refractivity contribution is -0.348. The van der Waals surface area contributed by atoms with Crippen molar-refractivity contribution in [3.8, 4) is 6.07 Å². The number of halogens is 12. The number of alkyl halides is 10. The summed E-state index contributed by atoms with van der Waals surface area (Å²) in [6.45, 7) is 0.637. The summed E-state index contributed by atoms with van der Waals surface area (Å²) < 4.78 is 156. The third-order valence-electron chi connectivity index (χ3n) is 7.17. The molecule has 0 spiro atoms. The minimum atomic E-state index is -6.77. The van der Waals surface area contributed by atoms with Crippen molar-refractivity contribution in [2.45, 2.75) is 44.0 Å². The fourth-order valence-corrected chi connectivity index (χ4v) is 5.29. The number of ketones is 1. The summed E-state index contributed by atoms with van der Waals surface area (Å²) in [5, 5.41) is 10.9. The molecule has 3 amide bonds. The lowest BCUT2D eigenvalue weighted by atomic mass is 9.89. The van der Waals surface area contributed by atoms with E-state index in [-0.39, 0.29) is 23.8 Å². The molecule has 0 aliphatic heterocycles. The number of nitriles is 1. The highest BCUT2D eigenvalue weighted by molar-refractivity contribution is 9.10. The maximum atomic E-state index is 16.1. The molecule has 1 N–H and O–H groups in total. The van der Waals surface area contributed by atoms with Crippen molar-refractivity contribution in [3.63, 3.8) is 0 Å². The molecule has 20 heteroatoms. The third-order valence-corrected chi connectivity index (χ3v) is 7.88. The van der Waals surface area contributed by atoms with E-state index in [9.17, 15) is 63.1 Å². The van der Waals surface area contributed by atoms with Crippen LogP contribution in [-0.2, 0) is 27.8 Å². The third kappa shape index (κ3) is 8.86. The van der Waals surface area contributed by atoms with Crippen molar-refractivity contribution in [1.29, 1.82) is 5.26 Å². The van der Waals surface area contributed by atoms with Gasteiger partial charge >= 0.3 is 30.3 Å². The van der Waals surface area contributed by atoms with Crippen LogP contribution in [0.15, 0.2) is 59.1 Å². The average Bonchev–Trinajstić information content (AvgIpc) is 3.04. The summed E-state index contributed by atoms with van der Waals surface area (Å²) in [6, 6.07) is 8.20. The van der Waals surface area contributed by atoms with Gasteiger partial charge in [0, 0.05) is 35.0 Å². The molecule has 0 heterocycles. The van der Waals surface area contributed by atoms with Crippen molar-refractivity contribution in [3.05, 3.63) is 98.3 Å². The van der Waals surface area contributed by atoms with Gasteiger partial charge < -0.3 is 9.64 Å². The fraction of sp³-hybridized carbons (Fsp3) is 0.281. The molecule has 0 aliphatic carbocycles. The van der Waals surface area contributed by atoms with Crippen LogP contribution in [0.5, 0.6) is 0 Å². The molecule has 3 rings (SSSR count). The molecule has 0 fully saturated rings. The number of imide groups is 1. The summed E-state index contributed by atoms with van der Waals surface area (Å²) in [5.74, 6) is -5.12. The van der Waals surface area contributed by atoms with Gasteiger partial charge in [0.25, 0.3) is 5.91 Å². The highest BCUT2D eigenvalue weighted by atomic mass is 79.9. The molecule has 0 atom stereocenters. The summed E-state index contributed by atoms with van der Waals surface area (Å²) in [6.07, 6.45) is -22.6. The van der Waals surface area contributed by atoms with E-state index in [2.05, 4.69) is 20.7 Å². The smallest absolute Gasteiger partial charge is 0.435 e. The van der Waals surface area contributed by atoms with E-state index < -0.39 is 112 Å². The van der Waals surface area contributed by atoms with Crippen molar-refractivity contribution < 1.29 is 72.2 Å². The number of carbonyl (C=O) groups is 4. The number of Topliss-reactive ketones (excluding diaryl/α,β-unsaturated/α-hetero) is 1. The molecule has 278 valence electrons. The molecule has 8 nitrogen and oxygen atoms in total. The summed E-state index contributed by atoms with van der Waals surface area (Å²) in [7, 11) is 0. The second-order valence-electron chi connectivity index (χ2n) is 10.5. The van der Waals surface area contributed by atoms with E-state index in [0.717, 1.165) is 30.3 Å². The molecule has 0 unspecified atom stereocenters. The minimum absolute atomic E-state index is 0.113. The molecule has 3 aromatic carbocycles. The molecule has 0 radical (unpaired) electrons. The van der Waals surface area contributed by atoms with Gasteiger partial charge in [0.1, 0.15) is 0 Å². The van der Waals surface area contributed by atoms with Gasteiger partial charge in [-0.25, -0.2) is 13.6 Å². The van der Waals surface area contributed by atoms with Crippen LogP contribution in [0.1, 0.15) is 56.3 Å². The molecule has 3 aromatic rings. The number of hydrogen-bond acceptors (Lipinski definition) is 6. The van der Waals surface area contributed by atoms with Crippen molar-refractivity contribution in [1.82, 2.24) is 5.32 Å². The number of rotatable bonds is 10. The Morgan fingerprint density at radius 2 is 1.50 bits per heavy atom. The van der Waals surface area contributed by atoms with Gasteiger partial charge in [-0.1, -0.05) is 22.0 Å². The standard InChI is InChI=1S/C32H21BrF11N3O5/c1-2-52-28(51)46-25(49)10-11-47(27(50)17-8-6-16(15-45)7-9-17)23-5-3-4-19(26(23)34)24(48)14-20-21(30(36,37)38)12-18(13-22(20)33)29(35,31(39,40)41)32(42,43)44/h3-9,12-13H,2,10-11,14H2,1H3,(H,46,49,51). The summed E-state index contributed by atoms with van der Waals surface area (Å²) in [5.41, 5.74) is -14.1. The number of carbonyl (C=O) groups excluding carboxylic acids is 4. The van der Waals surface area contributed by atoms with Gasteiger partial charge in [0.05, 0.1) is 35.1 Å². The molecule has 0 aliphatic rings. The van der Waals surface area contributed by atoms with E-state index in [4.69, 9.17) is 5.26 Å². The first-order chi connectivity index (χ1) is 24.0. The second kappa shape index (κ2) is 15.7. The van der Waals surface area contributed by atoms with Crippen LogP contribution >= 0.6 is 15.9 Å². The average molecular weight is 816 g/mol. The molecular weight excluding hydrogens is 795 g/mol. The number of nitrogens with zero attached hydrogens (tertiary/aromatic N) is 2. The SMILES string of the molecule is CCOC(=O)NC(=O)CCN(C(=O)c1ccc(C#N)cc1)c1cccc(C(=O)Cc2c(Br)cc(C(F)(C(F)(F)F)C(F)(F)F)cc2C(F)(F)F)c1F. The Kier molecular flexibility index (Phi) is 12.5. The number of alkyl carbamates (subject to hydrolysis) is 1. The molecule has 52 heavy (non-hydrogen) atoms. The maximum Gasteiger partial charge on any atom is 0.435 e. The zero-order valence-electron chi connectivity index (χ0n) is 26.0. The number of amides is 3. The van der Waals surface area contributed by atoms with Gasteiger partial charge in [-0.3, -0.25) is 19.7 Å². The van der Waals surface area contributed by atoms with Crippen LogP contribution < -0.4 is 10.2 Å². The Morgan fingerprint density at radius 1 is 0.904 bits per heavy atom. The van der Waals surface area contributed by atoms with E-state index in [1.807, 2.05) is 5.32 Å². The van der Waals surface area contributed by atoms with E-state index in [1.54, 1.807) is 6.07 Å².